The predicted molar refractivity (Wildman–Crippen MR) is 71.1 cm³/mol. The van der Waals surface area contributed by atoms with Crippen molar-refractivity contribution in [1.82, 2.24) is 5.32 Å². The molecule has 1 aliphatic heterocycles. The maximum absolute atomic E-state index is 11.3. The highest BCUT2D eigenvalue weighted by Crippen LogP contribution is 2.24. The lowest BCUT2D eigenvalue weighted by molar-refractivity contribution is 0.0994. The first-order chi connectivity index (χ1) is 8.66. The van der Waals surface area contributed by atoms with E-state index in [0.717, 1.165) is 25.9 Å². The number of benzene rings is 1. The molecule has 0 spiro atoms. The van der Waals surface area contributed by atoms with Crippen molar-refractivity contribution in [3.05, 3.63) is 28.8 Å². The van der Waals surface area contributed by atoms with Crippen LogP contribution in [0, 0.1) is 5.92 Å². The topological polar surface area (TPSA) is 64.4 Å². The Morgan fingerprint density at radius 3 is 2.83 bits per heavy atom. The molecule has 0 aliphatic carbocycles. The van der Waals surface area contributed by atoms with E-state index in [4.69, 9.17) is 22.1 Å². The maximum atomic E-state index is 11.3. The zero-order valence-corrected chi connectivity index (χ0v) is 10.9. The summed E-state index contributed by atoms with van der Waals surface area (Å²) in [6.07, 6.45) is 2.18. The fourth-order valence-electron chi connectivity index (χ4n) is 2.08. The van der Waals surface area contributed by atoms with Crippen LogP contribution in [-0.2, 0) is 0 Å². The van der Waals surface area contributed by atoms with Gasteiger partial charge in [-0.3, -0.25) is 4.79 Å². The van der Waals surface area contributed by atoms with Gasteiger partial charge in [0.1, 0.15) is 5.75 Å². The van der Waals surface area contributed by atoms with E-state index in [2.05, 4.69) is 5.32 Å². The fourth-order valence-corrected chi connectivity index (χ4v) is 2.24. The quantitative estimate of drug-likeness (QED) is 0.875. The SMILES string of the molecule is NC(=O)c1ccc(Cl)cc1OCC1CCNCC1. The molecule has 98 valence electrons. The second-order valence-corrected chi connectivity index (χ2v) is 4.95. The Labute approximate surface area is 111 Å². The average molecular weight is 269 g/mol. The molecule has 5 heteroatoms. The normalized spacial score (nSPS) is 16.5. The number of ether oxygens (including phenoxy) is 1. The van der Waals surface area contributed by atoms with Gasteiger partial charge in [-0.2, -0.15) is 0 Å². The molecule has 0 aromatic heterocycles. The van der Waals surface area contributed by atoms with Crippen molar-refractivity contribution in [2.45, 2.75) is 12.8 Å². The number of nitrogens with two attached hydrogens (primary N) is 1. The summed E-state index contributed by atoms with van der Waals surface area (Å²) in [4.78, 5) is 11.3. The van der Waals surface area contributed by atoms with Crippen LogP contribution < -0.4 is 15.8 Å². The van der Waals surface area contributed by atoms with Gasteiger partial charge in [0.05, 0.1) is 12.2 Å². The van der Waals surface area contributed by atoms with Gasteiger partial charge in [-0.05, 0) is 50.0 Å². The molecule has 0 saturated carbocycles. The third-order valence-corrected chi connectivity index (χ3v) is 3.38. The highest BCUT2D eigenvalue weighted by atomic mass is 35.5. The van der Waals surface area contributed by atoms with Gasteiger partial charge < -0.3 is 15.8 Å². The number of primary amides is 1. The van der Waals surface area contributed by atoms with Gasteiger partial charge in [-0.1, -0.05) is 11.6 Å². The molecule has 4 nitrogen and oxygen atoms in total. The lowest BCUT2D eigenvalue weighted by Crippen LogP contribution is -2.30. The smallest absolute Gasteiger partial charge is 0.252 e. The predicted octanol–water partition coefficient (Wildman–Crippen LogP) is 1.82. The summed E-state index contributed by atoms with van der Waals surface area (Å²) in [6, 6.07) is 4.88. The van der Waals surface area contributed by atoms with Gasteiger partial charge in [-0.15, -0.1) is 0 Å². The van der Waals surface area contributed by atoms with Crippen LogP contribution >= 0.6 is 11.6 Å². The molecule has 1 aliphatic rings. The van der Waals surface area contributed by atoms with E-state index in [1.807, 2.05) is 0 Å². The fraction of sp³-hybridized carbons (Fsp3) is 0.462. The van der Waals surface area contributed by atoms with Crippen LogP contribution in [0.2, 0.25) is 5.02 Å². The molecule has 1 aromatic rings. The second kappa shape index (κ2) is 6.07. The minimum absolute atomic E-state index is 0.383. The van der Waals surface area contributed by atoms with Crippen LogP contribution in [-0.4, -0.2) is 25.6 Å². The van der Waals surface area contributed by atoms with Crippen molar-refractivity contribution >= 4 is 17.5 Å². The number of piperidine rings is 1. The largest absolute Gasteiger partial charge is 0.492 e. The van der Waals surface area contributed by atoms with Gasteiger partial charge in [0.15, 0.2) is 0 Å². The van der Waals surface area contributed by atoms with Crippen molar-refractivity contribution in [2.75, 3.05) is 19.7 Å². The number of nitrogens with one attached hydrogen (secondary N) is 1. The van der Waals surface area contributed by atoms with Gasteiger partial charge in [0, 0.05) is 5.02 Å². The minimum atomic E-state index is -0.494. The summed E-state index contributed by atoms with van der Waals surface area (Å²) < 4.78 is 5.71. The first-order valence-electron chi connectivity index (χ1n) is 6.09. The highest BCUT2D eigenvalue weighted by molar-refractivity contribution is 6.30. The number of rotatable bonds is 4. The van der Waals surface area contributed by atoms with E-state index in [0.29, 0.717) is 28.9 Å². The van der Waals surface area contributed by atoms with Crippen molar-refractivity contribution in [1.29, 1.82) is 0 Å². The maximum Gasteiger partial charge on any atom is 0.252 e. The Kier molecular flexibility index (Phi) is 4.44. The number of hydrogen-bond acceptors (Lipinski definition) is 3. The molecule has 1 amide bonds. The van der Waals surface area contributed by atoms with Gasteiger partial charge in [-0.25, -0.2) is 0 Å². The lowest BCUT2D eigenvalue weighted by Gasteiger charge is -2.23. The Balaban J connectivity index is 2.03. The Morgan fingerprint density at radius 1 is 1.44 bits per heavy atom. The van der Waals surface area contributed by atoms with E-state index < -0.39 is 5.91 Å². The zero-order chi connectivity index (χ0) is 13.0. The van der Waals surface area contributed by atoms with Crippen molar-refractivity contribution in [2.24, 2.45) is 11.7 Å². The molecule has 18 heavy (non-hydrogen) atoms. The van der Waals surface area contributed by atoms with E-state index in [-0.39, 0.29) is 0 Å². The number of carbonyl (C=O) groups excluding carboxylic acids is 1. The molecule has 1 saturated heterocycles. The third kappa shape index (κ3) is 3.37. The Bertz CT molecular complexity index is 431. The summed E-state index contributed by atoms with van der Waals surface area (Å²) in [6.45, 7) is 2.64. The van der Waals surface area contributed by atoms with Crippen LogP contribution in [0.3, 0.4) is 0 Å². The molecular weight excluding hydrogens is 252 g/mol. The molecule has 0 unspecified atom stereocenters. The van der Waals surface area contributed by atoms with Gasteiger partial charge in [0.2, 0.25) is 0 Å². The van der Waals surface area contributed by atoms with Crippen LogP contribution in [0.25, 0.3) is 0 Å². The van der Waals surface area contributed by atoms with Crippen molar-refractivity contribution in [3.8, 4) is 5.75 Å². The van der Waals surface area contributed by atoms with Crippen molar-refractivity contribution in [3.63, 3.8) is 0 Å². The Morgan fingerprint density at radius 2 is 2.17 bits per heavy atom. The molecular formula is C13H17ClN2O2. The first-order valence-corrected chi connectivity index (χ1v) is 6.47. The average Bonchev–Trinajstić information content (AvgIpc) is 2.37. The summed E-state index contributed by atoms with van der Waals surface area (Å²) in [7, 11) is 0. The van der Waals surface area contributed by atoms with Crippen LogP contribution in [0.4, 0.5) is 0 Å². The zero-order valence-electron chi connectivity index (χ0n) is 10.1. The number of hydrogen-bond donors (Lipinski definition) is 2. The van der Waals surface area contributed by atoms with Crippen LogP contribution in [0.1, 0.15) is 23.2 Å². The van der Waals surface area contributed by atoms with E-state index >= 15 is 0 Å². The first kappa shape index (κ1) is 13.2. The van der Waals surface area contributed by atoms with Crippen molar-refractivity contribution < 1.29 is 9.53 Å². The molecule has 0 radical (unpaired) electrons. The van der Waals surface area contributed by atoms with E-state index in [1.165, 1.54) is 0 Å². The second-order valence-electron chi connectivity index (χ2n) is 4.51. The molecule has 1 heterocycles. The van der Waals surface area contributed by atoms with E-state index in [9.17, 15) is 4.79 Å². The molecule has 2 rings (SSSR count). The summed E-state index contributed by atoms with van der Waals surface area (Å²) in [5.41, 5.74) is 5.68. The van der Waals surface area contributed by atoms with Crippen LogP contribution in [0.15, 0.2) is 18.2 Å². The summed E-state index contributed by atoms with van der Waals surface area (Å²) in [5.74, 6) is 0.506. The number of halogens is 1. The van der Waals surface area contributed by atoms with E-state index in [1.54, 1.807) is 18.2 Å². The van der Waals surface area contributed by atoms with Gasteiger partial charge in [0.25, 0.3) is 5.91 Å². The van der Waals surface area contributed by atoms with Gasteiger partial charge >= 0.3 is 0 Å². The highest BCUT2D eigenvalue weighted by Gasteiger charge is 2.16. The number of amides is 1. The molecule has 0 bridgehead atoms. The Hall–Kier alpha value is -1.26. The minimum Gasteiger partial charge on any atom is -0.492 e. The summed E-state index contributed by atoms with van der Waals surface area (Å²) in [5, 5.41) is 3.84. The molecule has 1 aromatic carbocycles. The summed E-state index contributed by atoms with van der Waals surface area (Å²) >= 11 is 5.90. The number of carbonyl (C=O) groups is 1. The molecule has 1 fully saturated rings. The molecule has 3 N–H and O–H groups in total. The monoisotopic (exact) mass is 268 g/mol. The molecule has 0 atom stereocenters. The van der Waals surface area contributed by atoms with Crippen LogP contribution in [0.5, 0.6) is 5.75 Å². The third-order valence-electron chi connectivity index (χ3n) is 3.14. The lowest BCUT2D eigenvalue weighted by atomic mass is 9.99. The standard InChI is InChI=1S/C13H17ClN2O2/c14-10-1-2-11(13(15)17)12(7-10)18-8-9-3-5-16-6-4-9/h1-2,7,9,16H,3-6,8H2,(H2,15,17).